The Hall–Kier alpha value is -1.10. The summed E-state index contributed by atoms with van der Waals surface area (Å²) in [6.45, 7) is 9.64. The molecule has 19 heavy (non-hydrogen) atoms. The lowest BCUT2D eigenvalue weighted by Gasteiger charge is -2.40. The first kappa shape index (κ1) is 16.0. The van der Waals surface area contributed by atoms with E-state index in [2.05, 4.69) is 5.32 Å². The summed E-state index contributed by atoms with van der Waals surface area (Å²) in [6, 6.07) is -0.754. The zero-order valence-corrected chi connectivity index (χ0v) is 12.4. The van der Waals surface area contributed by atoms with Crippen molar-refractivity contribution in [2.75, 3.05) is 19.8 Å². The Morgan fingerprint density at radius 3 is 2.63 bits per heavy atom. The van der Waals surface area contributed by atoms with Crippen molar-refractivity contribution in [1.82, 2.24) is 10.2 Å². The molecule has 1 saturated heterocycles. The third-order valence-electron chi connectivity index (χ3n) is 3.69. The van der Waals surface area contributed by atoms with Crippen LogP contribution in [0.25, 0.3) is 0 Å². The van der Waals surface area contributed by atoms with Gasteiger partial charge in [-0.25, -0.2) is 0 Å². The Bertz CT molecular complexity index is 320. The van der Waals surface area contributed by atoms with Gasteiger partial charge in [-0.05, 0) is 26.2 Å². The minimum absolute atomic E-state index is 0.0152. The van der Waals surface area contributed by atoms with Crippen LogP contribution >= 0.6 is 0 Å². The van der Waals surface area contributed by atoms with Crippen LogP contribution in [0, 0.1) is 5.92 Å². The smallest absolute Gasteiger partial charge is 0.245 e. The van der Waals surface area contributed by atoms with Crippen molar-refractivity contribution in [1.29, 1.82) is 0 Å². The number of nitrogens with zero attached hydrogens (tertiary/aromatic N) is 1. The molecule has 0 spiro atoms. The second kappa shape index (κ2) is 7.48. The Morgan fingerprint density at radius 1 is 1.37 bits per heavy atom. The lowest BCUT2D eigenvalue weighted by atomic mass is 9.93. The van der Waals surface area contributed by atoms with Gasteiger partial charge in [-0.2, -0.15) is 0 Å². The summed E-state index contributed by atoms with van der Waals surface area (Å²) in [6.07, 6.45) is 1.65. The highest BCUT2D eigenvalue weighted by Crippen LogP contribution is 2.20. The topological polar surface area (TPSA) is 58.6 Å². The quantitative estimate of drug-likeness (QED) is 0.707. The molecule has 1 aliphatic rings. The first-order valence-corrected chi connectivity index (χ1v) is 7.21. The monoisotopic (exact) mass is 270 g/mol. The van der Waals surface area contributed by atoms with Gasteiger partial charge in [0.15, 0.2) is 0 Å². The van der Waals surface area contributed by atoms with E-state index in [9.17, 15) is 9.59 Å². The third kappa shape index (κ3) is 3.93. The Morgan fingerprint density at radius 2 is 2.05 bits per heavy atom. The maximum absolute atomic E-state index is 12.2. The van der Waals surface area contributed by atoms with Crippen molar-refractivity contribution in [3.63, 3.8) is 0 Å². The highest BCUT2D eigenvalue weighted by molar-refractivity contribution is 5.96. The van der Waals surface area contributed by atoms with Crippen LogP contribution in [0.1, 0.15) is 40.5 Å². The third-order valence-corrected chi connectivity index (χ3v) is 3.69. The van der Waals surface area contributed by atoms with E-state index in [1.54, 1.807) is 11.8 Å². The molecule has 0 radical (unpaired) electrons. The van der Waals surface area contributed by atoms with E-state index in [0.717, 1.165) is 12.8 Å². The summed E-state index contributed by atoms with van der Waals surface area (Å²) in [7, 11) is 0. The molecule has 5 heteroatoms. The van der Waals surface area contributed by atoms with Gasteiger partial charge in [0.05, 0.1) is 0 Å². The van der Waals surface area contributed by atoms with Gasteiger partial charge in [-0.3, -0.25) is 9.59 Å². The first-order chi connectivity index (χ1) is 9.02. The molecule has 1 rings (SSSR count). The molecule has 1 N–H and O–H groups in total. The average Bonchev–Trinajstić information content (AvgIpc) is 2.39. The second-order valence-electron chi connectivity index (χ2n) is 5.14. The van der Waals surface area contributed by atoms with Crippen LogP contribution in [0.5, 0.6) is 0 Å². The van der Waals surface area contributed by atoms with Gasteiger partial charge >= 0.3 is 0 Å². The molecule has 110 valence electrons. The van der Waals surface area contributed by atoms with Crippen molar-refractivity contribution >= 4 is 11.8 Å². The Kier molecular flexibility index (Phi) is 6.28. The van der Waals surface area contributed by atoms with E-state index in [1.807, 2.05) is 20.8 Å². The van der Waals surface area contributed by atoms with E-state index in [1.165, 1.54) is 0 Å². The fourth-order valence-electron chi connectivity index (χ4n) is 2.41. The van der Waals surface area contributed by atoms with Gasteiger partial charge in [0, 0.05) is 19.8 Å². The van der Waals surface area contributed by atoms with E-state index >= 15 is 0 Å². The van der Waals surface area contributed by atoms with Gasteiger partial charge in [0.25, 0.3) is 0 Å². The fourth-order valence-corrected chi connectivity index (χ4v) is 2.41. The number of amides is 2. The number of carbonyl (C=O) groups is 2. The fraction of sp³-hybridized carbons (Fsp3) is 0.857. The van der Waals surface area contributed by atoms with Crippen LogP contribution in [0.3, 0.4) is 0 Å². The molecule has 0 saturated carbocycles. The molecule has 0 aliphatic carbocycles. The number of piperazine rings is 1. The number of rotatable bonds is 7. The SMILES string of the molecule is CCOCCCN1C(=O)C(C)NC(=O)C1C(C)CC. The molecule has 0 bridgehead atoms. The molecule has 3 unspecified atom stereocenters. The van der Waals surface area contributed by atoms with Crippen LogP contribution in [0.2, 0.25) is 0 Å². The van der Waals surface area contributed by atoms with Gasteiger partial charge in [-0.1, -0.05) is 20.3 Å². The normalized spacial score (nSPS) is 25.4. The van der Waals surface area contributed by atoms with Crippen molar-refractivity contribution in [2.45, 2.75) is 52.6 Å². The molecule has 5 nitrogen and oxygen atoms in total. The minimum atomic E-state index is -0.417. The van der Waals surface area contributed by atoms with Crippen molar-refractivity contribution in [2.24, 2.45) is 5.92 Å². The molecule has 1 aliphatic heterocycles. The number of carbonyl (C=O) groups excluding carboxylic acids is 2. The lowest BCUT2D eigenvalue weighted by Crippen LogP contribution is -2.64. The summed E-state index contributed by atoms with van der Waals surface area (Å²) in [5.74, 6) is 0.155. The van der Waals surface area contributed by atoms with Crippen molar-refractivity contribution < 1.29 is 14.3 Å². The predicted molar refractivity (Wildman–Crippen MR) is 73.7 cm³/mol. The molecule has 1 heterocycles. The highest BCUT2D eigenvalue weighted by atomic mass is 16.5. The van der Waals surface area contributed by atoms with Crippen LogP contribution < -0.4 is 5.32 Å². The standard InChI is InChI=1S/C14H26N2O3/c1-5-10(3)12-13(17)15-11(4)14(18)16(12)8-7-9-19-6-2/h10-12H,5-9H2,1-4H3,(H,15,17). The lowest BCUT2D eigenvalue weighted by molar-refractivity contribution is -0.151. The predicted octanol–water partition coefficient (Wildman–Crippen LogP) is 1.17. The number of ether oxygens (including phenoxy) is 1. The van der Waals surface area contributed by atoms with Crippen LogP contribution in [-0.2, 0) is 14.3 Å². The van der Waals surface area contributed by atoms with Gasteiger partial charge in [0.1, 0.15) is 12.1 Å². The number of hydrogen-bond donors (Lipinski definition) is 1. The molecular formula is C14H26N2O3. The molecule has 2 amide bonds. The van der Waals surface area contributed by atoms with Crippen molar-refractivity contribution in [3.8, 4) is 0 Å². The Balaban J connectivity index is 2.72. The molecule has 3 atom stereocenters. The van der Waals surface area contributed by atoms with Crippen LogP contribution in [0.15, 0.2) is 0 Å². The largest absolute Gasteiger partial charge is 0.382 e. The van der Waals surface area contributed by atoms with Crippen LogP contribution in [0.4, 0.5) is 0 Å². The first-order valence-electron chi connectivity index (χ1n) is 7.21. The average molecular weight is 270 g/mol. The Labute approximate surface area is 115 Å². The van der Waals surface area contributed by atoms with E-state index in [4.69, 9.17) is 4.74 Å². The summed E-state index contributed by atoms with van der Waals surface area (Å²) in [4.78, 5) is 26.1. The summed E-state index contributed by atoms with van der Waals surface area (Å²) < 4.78 is 5.30. The number of hydrogen-bond acceptors (Lipinski definition) is 3. The highest BCUT2D eigenvalue weighted by Gasteiger charge is 2.40. The van der Waals surface area contributed by atoms with E-state index in [-0.39, 0.29) is 23.8 Å². The number of nitrogens with one attached hydrogen (secondary N) is 1. The summed E-state index contributed by atoms with van der Waals surface area (Å²) in [5.41, 5.74) is 0. The summed E-state index contributed by atoms with van der Waals surface area (Å²) in [5, 5.41) is 2.76. The zero-order chi connectivity index (χ0) is 14.4. The van der Waals surface area contributed by atoms with Crippen molar-refractivity contribution in [3.05, 3.63) is 0 Å². The molecular weight excluding hydrogens is 244 g/mol. The molecule has 1 fully saturated rings. The maximum Gasteiger partial charge on any atom is 0.245 e. The second-order valence-corrected chi connectivity index (χ2v) is 5.14. The van der Waals surface area contributed by atoms with Gasteiger partial charge in [-0.15, -0.1) is 0 Å². The molecule has 0 aromatic heterocycles. The molecule has 0 aromatic carbocycles. The van der Waals surface area contributed by atoms with Gasteiger partial charge in [0.2, 0.25) is 11.8 Å². The maximum atomic E-state index is 12.2. The van der Waals surface area contributed by atoms with Gasteiger partial charge < -0.3 is 15.0 Å². The van der Waals surface area contributed by atoms with E-state index in [0.29, 0.717) is 19.8 Å². The minimum Gasteiger partial charge on any atom is -0.382 e. The zero-order valence-electron chi connectivity index (χ0n) is 12.4. The van der Waals surface area contributed by atoms with E-state index < -0.39 is 6.04 Å². The van der Waals surface area contributed by atoms with Crippen LogP contribution in [-0.4, -0.2) is 48.6 Å². The molecule has 0 aromatic rings. The summed E-state index contributed by atoms with van der Waals surface area (Å²) >= 11 is 0.